The molecule has 4 heteroatoms. The van der Waals surface area contributed by atoms with Crippen LogP contribution in [0.4, 0.5) is 4.39 Å². The lowest BCUT2D eigenvalue weighted by Gasteiger charge is -2.07. The quantitative estimate of drug-likeness (QED) is 0.886. The van der Waals surface area contributed by atoms with Crippen molar-refractivity contribution in [1.82, 2.24) is 4.98 Å². The Kier molecular flexibility index (Phi) is 3.35. The van der Waals surface area contributed by atoms with Crippen LogP contribution in [0, 0.1) is 12.7 Å². The topological polar surface area (TPSA) is 42.4 Å². The lowest BCUT2D eigenvalue weighted by molar-refractivity contribution is 0.281. The van der Waals surface area contributed by atoms with Crippen LogP contribution in [0.5, 0.6) is 11.6 Å². The number of aryl methyl sites for hydroxylation is 1. The van der Waals surface area contributed by atoms with E-state index in [1.54, 1.807) is 12.1 Å². The van der Waals surface area contributed by atoms with E-state index in [1.165, 1.54) is 24.3 Å². The molecule has 0 bridgehead atoms. The molecule has 0 saturated heterocycles. The van der Waals surface area contributed by atoms with E-state index in [-0.39, 0.29) is 12.4 Å². The molecule has 0 saturated carbocycles. The first kappa shape index (κ1) is 11.5. The highest BCUT2D eigenvalue weighted by Crippen LogP contribution is 2.21. The summed E-state index contributed by atoms with van der Waals surface area (Å²) in [4.78, 5) is 4.17. The van der Waals surface area contributed by atoms with Gasteiger partial charge in [0.25, 0.3) is 0 Å². The molecule has 3 nitrogen and oxygen atoms in total. The molecule has 0 unspecified atom stereocenters. The zero-order valence-corrected chi connectivity index (χ0v) is 9.35. The van der Waals surface area contributed by atoms with Crippen LogP contribution in [-0.4, -0.2) is 10.1 Å². The second kappa shape index (κ2) is 4.93. The third kappa shape index (κ3) is 3.01. The summed E-state index contributed by atoms with van der Waals surface area (Å²) in [5.41, 5.74) is 1.49. The van der Waals surface area contributed by atoms with E-state index < -0.39 is 0 Å². The predicted octanol–water partition coefficient (Wildman–Crippen LogP) is 2.81. The summed E-state index contributed by atoms with van der Waals surface area (Å²) < 4.78 is 18.2. The van der Waals surface area contributed by atoms with Gasteiger partial charge in [-0.2, -0.15) is 0 Å². The first-order valence-corrected chi connectivity index (χ1v) is 5.19. The number of ether oxygens (including phenoxy) is 1. The van der Waals surface area contributed by atoms with Gasteiger partial charge in [0, 0.05) is 11.8 Å². The number of rotatable bonds is 3. The SMILES string of the molecule is Cc1cc(CO)cc(Oc2ccc(F)cc2)n1. The zero-order valence-electron chi connectivity index (χ0n) is 9.35. The normalized spacial score (nSPS) is 10.3. The largest absolute Gasteiger partial charge is 0.439 e. The number of hydrogen-bond acceptors (Lipinski definition) is 3. The molecule has 0 fully saturated rings. The van der Waals surface area contributed by atoms with Crippen LogP contribution in [-0.2, 0) is 6.61 Å². The molecule has 88 valence electrons. The van der Waals surface area contributed by atoms with Gasteiger partial charge in [0.15, 0.2) is 0 Å². The van der Waals surface area contributed by atoms with E-state index in [4.69, 9.17) is 9.84 Å². The van der Waals surface area contributed by atoms with Crippen LogP contribution >= 0.6 is 0 Å². The molecule has 2 aromatic rings. The molecule has 0 amide bonds. The maximum atomic E-state index is 12.7. The Balaban J connectivity index is 2.23. The van der Waals surface area contributed by atoms with Gasteiger partial charge >= 0.3 is 0 Å². The second-order valence-corrected chi connectivity index (χ2v) is 3.67. The third-order valence-corrected chi connectivity index (χ3v) is 2.21. The molecular formula is C13H12FNO2. The molecule has 0 atom stereocenters. The minimum Gasteiger partial charge on any atom is -0.439 e. The molecule has 1 aromatic carbocycles. The summed E-state index contributed by atoms with van der Waals surface area (Å²) in [6, 6.07) is 9.11. The lowest BCUT2D eigenvalue weighted by atomic mass is 10.2. The molecule has 0 aliphatic carbocycles. The molecule has 2 rings (SSSR count). The molecule has 1 aromatic heterocycles. The number of halogens is 1. The first-order chi connectivity index (χ1) is 8.17. The van der Waals surface area contributed by atoms with Gasteiger partial charge in [-0.15, -0.1) is 0 Å². The van der Waals surface area contributed by atoms with Crippen molar-refractivity contribution in [1.29, 1.82) is 0 Å². The average molecular weight is 233 g/mol. The predicted molar refractivity (Wildman–Crippen MR) is 61.4 cm³/mol. The molecular weight excluding hydrogens is 221 g/mol. The number of hydrogen-bond donors (Lipinski definition) is 1. The highest BCUT2D eigenvalue weighted by atomic mass is 19.1. The van der Waals surface area contributed by atoms with Crippen LogP contribution in [0.3, 0.4) is 0 Å². The van der Waals surface area contributed by atoms with Gasteiger partial charge in [-0.3, -0.25) is 0 Å². The van der Waals surface area contributed by atoms with Gasteiger partial charge in [-0.1, -0.05) is 0 Å². The standard InChI is InChI=1S/C13H12FNO2/c1-9-6-10(8-16)7-13(15-9)17-12-4-2-11(14)3-5-12/h2-7,16H,8H2,1H3. The second-order valence-electron chi connectivity index (χ2n) is 3.67. The summed E-state index contributed by atoms with van der Waals surface area (Å²) in [5.74, 6) is 0.583. The molecule has 1 heterocycles. The monoisotopic (exact) mass is 233 g/mol. The van der Waals surface area contributed by atoms with Gasteiger partial charge < -0.3 is 9.84 Å². The fraction of sp³-hybridized carbons (Fsp3) is 0.154. The highest BCUT2D eigenvalue weighted by Gasteiger charge is 2.02. The van der Waals surface area contributed by atoms with Gasteiger partial charge in [-0.05, 0) is 42.8 Å². The summed E-state index contributed by atoms with van der Waals surface area (Å²) in [6.07, 6.45) is 0. The third-order valence-electron chi connectivity index (χ3n) is 2.21. The maximum absolute atomic E-state index is 12.7. The van der Waals surface area contributed by atoms with Crippen LogP contribution in [0.25, 0.3) is 0 Å². The van der Waals surface area contributed by atoms with Crippen molar-refractivity contribution in [3.63, 3.8) is 0 Å². The lowest BCUT2D eigenvalue weighted by Crippen LogP contribution is -1.93. The number of nitrogens with zero attached hydrogens (tertiary/aromatic N) is 1. The van der Waals surface area contributed by atoms with Crippen molar-refractivity contribution in [2.75, 3.05) is 0 Å². The Hall–Kier alpha value is -1.94. The molecule has 17 heavy (non-hydrogen) atoms. The number of aliphatic hydroxyl groups excluding tert-OH is 1. The smallest absolute Gasteiger partial charge is 0.219 e. The summed E-state index contributed by atoms with van der Waals surface area (Å²) in [7, 11) is 0. The number of aromatic nitrogens is 1. The van der Waals surface area contributed by atoms with Crippen molar-refractivity contribution in [3.8, 4) is 11.6 Å². The van der Waals surface area contributed by atoms with Crippen molar-refractivity contribution in [2.24, 2.45) is 0 Å². The van der Waals surface area contributed by atoms with Crippen molar-refractivity contribution >= 4 is 0 Å². The van der Waals surface area contributed by atoms with Gasteiger partial charge in [0.05, 0.1) is 6.61 Å². The van der Waals surface area contributed by atoms with Crippen molar-refractivity contribution in [2.45, 2.75) is 13.5 Å². The minimum absolute atomic E-state index is 0.0663. The number of pyridine rings is 1. The van der Waals surface area contributed by atoms with E-state index >= 15 is 0 Å². The number of benzene rings is 1. The molecule has 1 N–H and O–H groups in total. The minimum atomic E-state index is -0.314. The maximum Gasteiger partial charge on any atom is 0.219 e. The van der Waals surface area contributed by atoms with E-state index in [1.807, 2.05) is 6.92 Å². The Morgan fingerprint density at radius 2 is 1.94 bits per heavy atom. The van der Waals surface area contributed by atoms with E-state index in [0.29, 0.717) is 11.6 Å². The Morgan fingerprint density at radius 3 is 2.59 bits per heavy atom. The highest BCUT2D eigenvalue weighted by molar-refractivity contribution is 5.30. The Bertz CT molecular complexity index is 511. The summed E-state index contributed by atoms with van der Waals surface area (Å²) >= 11 is 0. The van der Waals surface area contributed by atoms with Gasteiger partial charge in [0.1, 0.15) is 11.6 Å². The van der Waals surface area contributed by atoms with E-state index in [9.17, 15) is 4.39 Å². The molecule has 0 radical (unpaired) electrons. The van der Waals surface area contributed by atoms with Crippen LogP contribution < -0.4 is 4.74 Å². The van der Waals surface area contributed by atoms with Crippen molar-refractivity contribution < 1.29 is 14.2 Å². The molecule has 0 aliphatic heterocycles. The van der Waals surface area contributed by atoms with Gasteiger partial charge in [-0.25, -0.2) is 9.37 Å². The average Bonchev–Trinajstić information content (AvgIpc) is 2.31. The summed E-state index contributed by atoms with van der Waals surface area (Å²) in [5, 5.41) is 9.06. The van der Waals surface area contributed by atoms with Crippen LogP contribution in [0.15, 0.2) is 36.4 Å². The van der Waals surface area contributed by atoms with Crippen molar-refractivity contribution in [3.05, 3.63) is 53.5 Å². The van der Waals surface area contributed by atoms with Gasteiger partial charge in [0.2, 0.25) is 5.88 Å². The zero-order chi connectivity index (χ0) is 12.3. The van der Waals surface area contributed by atoms with E-state index in [2.05, 4.69) is 4.98 Å². The Morgan fingerprint density at radius 1 is 1.24 bits per heavy atom. The fourth-order valence-corrected chi connectivity index (χ4v) is 1.47. The summed E-state index contributed by atoms with van der Waals surface area (Å²) in [6.45, 7) is 1.75. The fourth-order valence-electron chi connectivity index (χ4n) is 1.47. The molecule has 0 aliphatic rings. The van der Waals surface area contributed by atoms with Crippen LogP contribution in [0.2, 0.25) is 0 Å². The number of aliphatic hydroxyl groups is 1. The van der Waals surface area contributed by atoms with E-state index in [0.717, 1.165) is 11.3 Å². The molecule has 0 spiro atoms. The Labute approximate surface area is 98.5 Å². The van der Waals surface area contributed by atoms with Crippen LogP contribution in [0.1, 0.15) is 11.3 Å². The first-order valence-electron chi connectivity index (χ1n) is 5.19.